The summed E-state index contributed by atoms with van der Waals surface area (Å²) in [7, 11) is 0. The molecule has 1 N–H and O–H groups in total. The van der Waals surface area contributed by atoms with Gasteiger partial charge >= 0.3 is 0 Å². The number of rotatable bonds is 8. The number of hydrogen-bond donors (Lipinski definition) is 1. The molecule has 0 aliphatic heterocycles. The molecule has 2 aromatic heterocycles. The smallest absolute Gasteiger partial charge is 0.274 e. The van der Waals surface area contributed by atoms with Crippen molar-refractivity contribution in [3.8, 4) is 5.75 Å². The molecule has 2 heterocycles. The quantitative estimate of drug-likeness (QED) is 0.631. The van der Waals surface area contributed by atoms with Gasteiger partial charge in [-0.05, 0) is 37.1 Å². The average molecular weight is 388 g/mol. The summed E-state index contributed by atoms with van der Waals surface area (Å²) in [6.45, 7) is 6.33. The van der Waals surface area contributed by atoms with Crippen molar-refractivity contribution in [1.29, 1.82) is 0 Å². The number of nitrogens with zero attached hydrogens (tertiary/aromatic N) is 5. The zero-order chi connectivity index (χ0) is 20.1. The number of amides is 1. The lowest BCUT2D eigenvalue weighted by atomic mass is 10.0. The molecule has 28 heavy (non-hydrogen) atoms. The molecule has 0 aliphatic rings. The van der Waals surface area contributed by atoms with E-state index in [2.05, 4.69) is 25.8 Å². The molecule has 0 spiro atoms. The lowest BCUT2D eigenvalue weighted by molar-refractivity contribution is 0.0916. The Bertz CT molecular complexity index is 908. The highest BCUT2D eigenvalue weighted by atomic mass is 19.1. The van der Waals surface area contributed by atoms with Crippen molar-refractivity contribution in [2.45, 2.75) is 33.4 Å². The summed E-state index contributed by atoms with van der Waals surface area (Å²) in [5, 5.41) is 14.7. The van der Waals surface area contributed by atoms with Gasteiger partial charge in [0, 0.05) is 0 Å². The Morgan fingerprint density at radius 3 is 2.71 bits per heavy atom. The van der Waals surface area contributed by atoms with Crippen LogP contribution in [-0.2, 0) is 6.54 Å². The molecule has 10 heteroatoms. The van der Waals surface area contributed by atoms with Crippen molar-refractivity contribution < 1.29 is 18.4 Å². The standard InChI is InChI=1S/C18H21FN6O3/c1-11(2)15(17-20-10-28-23-17)21-18(26)16-12(3)25(24-22-16)8-9-27-14-6-4-13(19)5-7-14/h4-7,10-11,15H,8-9H2,1-3H3,(H,21,26). The lowest BCUT2D eigenvalue weighted by Crippen LogP contribution is -2.33. The molecule has 0 aliphatic carbocycles. The Morgan fingerprint density at radius 1 is 1.32 bits per heavy atom. The maximum Gasteiger partial charge on any atom is 0.274 e. The van der Waals surface area contributed by atoms with Crippen molar-refractivity contribution in [2.75, 3.05) is 6.61 Å². The summed E-state index contributed by atoms with van der Waals surface area (Å²) < 4.78 is 24.8. The molecule has 148 valence electrons. The van der Waals surface area contributed by atoms with Crippen LogP contribution in [0.5, 0.6) is 5.75 Å². The maximum atomic E-state index is 12.9. The molecule has 0 saturated heterocycles. The Hall–Kier alpha value is -3.30. The normalized spacial score (nSPS) is 12.2. The highest BCUT2D eigenvalue weighted by Crippen LogP contribution is 2.19. The summed E-state index contributed by atoms with van der Waals surface area (Å²) >= 11 is 0. The number of benzene rings is 1. The third kappa shape index (κ3) is 4.51. The molecule has 3 aromatic rings. The van der Waals surface area contributed by atoms with Crippen LogP contribution in [0.1, 0.15) is 41.9 Å². The molecular formula is C18H21FN6O3. The largest absolute Gasteiger partial charge is 0.492 e. The summed E-state index contributed by atoms with van der Waals surface area (Å²) in [4.78, 5) is 16.6. The molecule has 0 fully saturated rings. The minimum Gasteiger partial charge on any atom is -0.492 e. The van der Waals surface area contributed by atoms with Crippen molar-refractivity contribution >= 4 is 5.91 Å². The topological polar surface area (TPSA) is 108 Å². The van der Waals surface area contributed by atoms with Gasteiger partial charge in [-0.15, -0.1) is 5.10 Å². The summed E-state index contributed by atoms with van der Waals surface area (Å²) in [6.07, 6.45) is 1.22. The van der Waals surface area contributed by atoms with E-state index in [9.17, 15) is 9.18 Å². The van der Waals surface area contributed by atoms with Gasteiger partial charge in [-0.2, -0.15) is 4.98 Å². The van der Waals surface area contributed by atoms with Gasteiger partial charge in [0.25, 0.3) is 5.91 Å². The second-order valence-corrected chi connectivity index (χ2v) is 6.53. The zero-order valence-electron chi connectivity index (χ0n) is 15.8. The van der Waals surface area contributed by atoms with Gasteiger partial charge in [0.2, 0.25) is 6.39 Å². The van der Waals surface area contributed by atoms with Gasteiger partial charge < -0.3 is 14.6 Å². The molecule has 9 nitrogen and oxygen atoms in total. The van der Waals surface area contributed by atoms with Gasteiger partial charge in [0.05, 0.1) is 18.3 Å². The van der Waals surface area contributed by atoms with E-state index in [-0.39, 0.29) is 23.3 Å². The van der Waals surface area contributed by atoms with E-state index >= 15 is 0 Å². The third-order valence-corrected chi connectivity index (χ3v) is 4.19. The number of carbonyl (C=O) groups is 1. The first-order chi connectivity index (χ1) is 13.5. The number of halogens is 1. The lowest BCUT2D eigenvalue weighted by Gasteiger charge is -2.18. The highest BCUT2D eigenvalue weighted by molar-refractivity contribution is 5.93. The van der Waals surface area contributed by atoms with Crippen LogP contribution in [0.3, 0.4) is 0 Å². The Labute approximate surface area is 160 Å². The van der Waals surface area contributed by atoms with E-state index < -0.39 is 6.04 Å². The van der Waals surface area contributed by atoms with Crippen LogP contribution in [0.25, 0.3) is 0 Å². The van der Waals surface area contributed by atoms with Crippen molar-refractivity contribution in [3.05, 3.63) is 53.7 Å². The van der Waals surface area contributed by atoms with Crippen LogP contribution >= 0.6 is 0 Å². The molecule has 1 atom stereocenters. The van der Waals surface area contributed by atoms with Crippen LogP contribution in [0, 0.1) is 18.7 Å². The van der Waals surface area contributed by atoms with Crippen LogP contribution in [-0.4, -0.2) is 37.6 Å². The number of hydrogen-bond acceptors (Lipinski definition) is 7. The maximum absolute atomic E-state index is 12.9. The van der Waals surface area contributed by atoms with Crippen molar-refractivity contribution in [1.82, 2.24) is 30.5 Å². The van der Waals surface area contributed by atoms with Crippen LogP contribution in [0.15, 0.2) is 35.2 Å². The van der Waals surface area contributed by atoms with E-state index in [0.29, 0.717) is 30.4 Å². The average Bonchev–Trinajstić information content (AvgIpc) is 3.31. The summed E-state index contributed by atoms with van der Waals surface area (Å²) in [6, 6.07) is 5.34. The summed E-state index contributed by atoms with van der Waals surface area (Å²) in [5.41, 5.74) is 0.826. The van der Waals surface area contributed by atoms with Gasteiger partial charge in [-0.25, -0.2) is 9.07 Å². The minimum atomic E-state index is -0.405. The fourth-order valence-corrected chi connectivity index (χ4v) is 2.62. The second kappa shape index (κ2) is 8.59. The van der Waals surface area contributed by atoms with Gasteiger partial charge in [-0.3, -0.25) is 4.79 Å². The van der Waals surface area contributed by atoms with Crippen LogP contribution in [0.4, 0.5) is 4.39 Å². The van der Waals surface area contributed by atoms with E-state index in [1.807, 2.05) is 13.8 Å². The molecule has 3 rings (SSSR count). The van der Waals surface area contributed by atoms with Gasteiger partial charge in [-0.1, -0.05) is 24.2 Å². The highest BCUT2D eigenvalue weighted by Gasteiger charge is 2.25. The molecule has 0 bridgehead atoms. The first-order valence-corrected chi connectivity index (χ1v) is 8.81. The summed E-state index contributed by atoms with van der Waals surface area (Å²) in [5.74, 6) is 0.321. The fourth-order valence-electron chi connectivity index (χ4n) is 2.62. The number of ether oxygens (including phenoxy) is 1. The van der Waals surface area contributed by atoms with Crippen molar-refractivity contribution in [3.63, 3.8) is 0 Å². The first-order valence-electron chi connectivity index (χ1n) is 8.81. The third-order valence-electron chi connectivity index (χ3n) is 4.19. The molecular weight excluding hydrogens is 367 g/mol. The van der Waals surface area contributed by atoms with E-state index in [0.717, 1.165) is 0 Å². The Balaban J connectivity index is 1.61. The predicted molar refractivity (Wildman–Crippen MR) is 96.0 cm³/mol. The Morgan fingerprint density at radius 2 is 2.07 bits per heavy atom. The molecule has 0 saturated carbocycles. The zero-order valence-corrected chi connectivity index (χ0v) is 15.8. The molecule has 1 aromatic carbocycles. The monoisotopic (exact) mass is 388 g/mol. The van der Waals surface area contributed by atoms with E-state index in [1.54, 1.807) is 23.7 Å². The van der Waals surface area contributed by atoms with E-state index in [4.69, 9.17) is 9.26 Å². The number of nitrogens with one attached hydrogen (secondary N) is 1. The van der Waals surface area contributed by atoms with Gasteiger partial charge in [0.15, 0.2) is 11.5 Å². The van der Waals surface area contributed by atoms with Crippen LogP contribution in [0.2, 0.25) is 0 Å². The molecule has 1 unspecified atom stereocenters. The van der Waals surface area contributed by atoms with Gasteiger partial charge in [0.1, 0.15) is 18.2 Å². The van der Waals surface area contributed by atoms with E-state index in [1.165, 1.54) is 18.5 Å². The number of carbonyl (C=O) groups excluding carboxylic acids is 1. The fraction of sp³-hybridized carbons (Fsp3) is 0.389. The van der Waals surface area contributed by atoms with Crippen LogP contribution < -0.4 is 10.1 Å². The first kappa shape index (κ1) is 19.5. The predicted octanol–water partition coefficient (Wildman–Crippen LogP) is 2.31. The Kier molecular flexibility index (Phi) is 5.97. The minimum absolute atomic E-state index is 0.0565. The second-order valence-electron chi connectivity index (χ2n) is 6.53. The SMILES string of the molecule is Cc1c(C(=O)NC(c2ncon2)C(C)C)nnn1CCOc1ccc(F)cc1. The molecule has 0 radical (unpaired) electrons. The molecule has 1 amide bonds. The van der Waals surface area contributed by atoms with Crippen molar-refractivity contribution in [2.24, 2.45) is 5.92 Å². The number of aromatic nitrogens is 5.